The van der Waals surface area contributed by atoms with E-state index >= 15 is 0 Å². The van der Waals surface area contributed by atoms with Gasteiger partial charge in [-0.2, -0.15) is 10.1 Å². The van der Waals surface area contributed by atoms with Gasteiger partial charge < -0.3 is 0 Å². The van der Waals surface area contributed by atoms with Crippen molar-refractivity contribution in [1.29, 1.82) is 0 Å². The van der Waals surface area contributed by atoms with Crippen molar-refractivity contribution in [2.75, 3.05) is 4.72 Å². The van der Waals surface area contributed by atoms with Crippen molar-refractivity contribution in [3.05, 3.63) is 83.7 Å². The van der Waals surface area contributed by atoms with E-state index in [-0.39, 0.29) is 23.2 Å². The third-order valence-corrected chi connectivity index (χ3v) is 6.13. The zero-order valence-electron chi connectivity index (χ0n) is 16.3. The Morgan fingerprint density at radius 3 is 2.43 bits per heavy atom. The highest BCUT2D eigenvalue weighted by Crippen LogP contribution is 2.24. The maximum atomic E-state index is 13.8. The fourth-order valence-corrected chi connectivity index (χ4v) is 4.57. The van der Waals surface area contributed by atoms with E-state index in [1.165, 1.54) is 17.1 Å². The maximum Gasteiger partial charge on any atom is 0.267 e. The summed E-state index contributed by atoms with van der Waals surface area (Å²) < 4.78 is 45.1. The fraction of sp³-hybridized carbons (Fsp3) is 0.150. The van der Waals surface area contributed by atoms with Crippen LogP contribution in [0.4, 0.5) is 10.3 Å². The molecule has 0 saturated carbocycles. The minimum Gasteiger partial charge on any atom is -0.246 e. The van der Waals surface area contributed by atoms with Crippen LogP contribution in [0.3, 0.4) is 0 Å². The van der Waals surface area contributed by atoms with Crippen molar-refractivity contribution in [2.24, 2.45) is 0 Å². The van der Waals surface area contributed by atoms with Crippen LogP contribution in [0.2, 0.25) is 0 Å². The number of nitrogens with one attached hydrogen (secondary N) is 1. The summed E-state index contributed by atoms with van der Waals surface area (Å²) in [5.41, 5.74) is 2.01. The number of hydrogen-bond acceptors (Lipinski definition) is 5. The van der Waals surface area contributed by atoms with Gasteiger partial charge in [-0.3, -0.25) is 0 Å². The second-order valence-corrected chi connectivity index (χ2v) is 8.33. The average molecular weight is 426 g/mol. The molecular formula is C20H19FN6O2S. The average Bonchev–Trinajstić information content (AvgIpc) is 3.27. The van der Waals surface area contributed by atoms with Crippen LogP contribution in [0.15, 0.2) is 65.8 Å². The highest BCUT2D eigenvalue weighted by Gasteiger charge is 2.26. The molecule has 8 nitrogen and oxygen atoms in total. The minimum absolute atomic E-state index is 0.0665. The van der Waals surface area contributed by atoms with Gasteiger partial charge in [-0.25, -0.2) is 26.9 Å². The minimum atomic E-state index is -3.98. The van der Waals surface area contributed by atoms with Crippen molar-refractivity contribution in [1.82, 2.24) is 24.5 Å². The van der Waals surface area contributed by atoms with Gasteiger partial charge in [-0.05, 0) is 32.0 Å². The Kier molecular flexibility index (Phi) is 5.08. The molecule has 2 aromatic heterocycles. The number of hydrogen-bond donors (Lipinski definition) is 1. The first-order valence-corrected chi connectivity index (χ1v) is 10.6. The Bertz CT molecular complexity index is 1300. The third kappa shape index (κ3) is 3.81. The van der Waals surface area contributed by atoms with Crippen LogP contribution < -0.4 is 4.72 Å². The number of halogens is 1. The summed E-state index contributed by atoms with van der Waals surface area (Å²) >= 11 is 0. The number of benzene rings is 2. The van der Waals surface area contributed by atoms with E-state index in [1.54, 1.807) is 36.7 Å². The number of sulfonamides is 1. The molecule has 154 valence electrons. The van der Waals surface area contributed by atoms with E-state index < -0.39 is 10.0 Å². The molecule has 4 rings (SSSR count). The molecular weight excluding hydrogens is 407 g/mol. The lowest BCUT2D eigenvalue weighted by atomic mass is 10.2. The summed E-state index contributed by atoms with van der Waals surface area (Å²) in [6.45, 7) is 3.45. The predicted molar refractivity (Wildman–Crippen MR) is 109 cm³/mol. The summed E-state index contributed by atoms with van der Waals surface area (Å²) in [6.07, 6.45) is 1.34. The second kappa shape index (κ2) is 7.71. The molecule has 0 bridgehead atoms. The lowest BCUT2D eigenvalue weighted by Gasteiger charge is -2.07. The van der Waals surface area contributed by atoms with E-state index in [1.807, 2.05) is 30.3 Å². The summed E-state index contributed by atoms with van der Waals surface area (Å²) in [7, 11) is -3.98. The summed E-state index contributed by atoms with van der Waals surface area (Å²) in [5, 5.41) is 8.47. The monoisotopic (exact) mass is 426 g/mol. The number of rotatable bonds is 6. The Balaban J connectivity index is 1.59. The molecule has 0 atom stereocenters. The molecule has 1 N–H and O–H groups in total. The summed E-state index contributed by atoms with van der Waals surface area (Å²) in [5.74, 6) is -0.465. The molecule has 0 radical (unpaired) electrons. The molecule has 4 aromatic rings. The van der Waals surface area contributed by atoms with Gasteiger partial charge in [0.2, 0.25) is 0 Å². The van der Waals surface area contributed by atoms with Crippen LogP contribution in [0, 0.1) is 19.7 Å². The molecule has 30 heavy (non-hydrogen) atoms. The van der Waals surface area contributed by atoms with Crippen LogP contribution in [0.1, 0.15) is 17.0 Å². The van der Waals surface area contributed by atoms with Gasteiger partial charge in [0.25, 0.3) is 16.0 Å². The first kappa shape index (κ1) is 19.8. The van der Waals surface area contributed by atoms with E-state index in [4.69, 9.17) is 0 Å². The summed E-state index contributed by atoms with van der Waals surface area (Å²) in [6, 6.07) is 15.6. The zero-order valence-corrected chi connectivity index (χ0v) is 17.1. The molecule has 0 spiro atoms. The number of para-hydroxylation sites is 1. The molecule has 0 aliphatic rings. The molecule has 0 saturated heterocycles. The van der Waals surface area contributed by atoms with Crippen molar-refractivity contribution in [3.8, 4) is 5.69 Å². The third-order valence-electron chi connectivity index (χ3n) is 4.55. The maximum absolute atomic E-state index is 13.8. The largest absolute Gasteiger partial charge is 0.267 e. The van der Waals surface area contributed by atoms with Crippen molar-refractivity contribution in [3.63, 3.8) is 0 Å². The zero-order chi connectivity index (χ0) is 21.3. The van der Waals surface area contributed by atoms with Crippen molar-refractivity contribution >= 4 is 16.0 Å². The topological polar surface area (TPSA) is 94.7 Å². The first-order chi connectivity index (χ1) is 14.3. The molecule has 0 fully saturated rings. The van der Waals surface area contributed by atoms with E-state index in [0.717, 1.165) is 5.69 Å². The Hall–Kier alpha value is -3.53. The molecule has 0 unspecified atom stereocenters. The van der Waals surface area contributed by atoms with Crippen LogP contribution in [-0.4, -0.2) is 33.0 Å². The van der Waals surface area contributed by atoms with Crippen LogP contribution in [0.25, 0.3) is 5.69 Å². The molecule has 0 aliphatic carbocycles. The number of anilines is 1. The Labute approximate surface area is 173 Å². The van der Waals surface area contributed by atoms with Gasteiger partial charge in [0.15, 0.2) is 0 Å². The Morgan fingerprint density at radius 1 is 1.00 bits per heavy atom. The number of aryl methyl sites for hydroxylation is 1. The quantitative estimate of drug-likeness (QED) is 0.511. The van der Waals surface area contributed by atoms with Gasteiger partial charge in [-0.15, -0.1) is 5.10 Å². The molecule has 2 heterocycles. The number of nitrogens with zero attached hydrogens (tertiary/aromatic N) is 5. The van der Waals surface area contributed by atoms with Gasteiger partial charge in [0, 0.05) is 5.56 Å². The van der Waals surface area contributed by atoms with Gasteiger partial charge in [0.05, 0.1) is 23.6 Å². The molecule has 2 aromatic carbocycles. The van der Waals surface area contributed by atoms with Crippen LogP contribution in [0.5, 0.6) is 0 Å². The first-order valence-electron chi connectivity index (χ1n) is 9.12. The standard InChI is InChI=1S/C20H19FN6O2S/c1-14-19(15(2)27(23-14)17-9-4-3-5-10-17)30(28,29)25-20-22-13-26(24-20)12-16-8-6-7-11-18(16)21/h3-11,13H,12H2,1-2H3,(H,24,25). The molecule has 10 heteroatoms. The molecule has 0 aliphatic heterocycles. The SMILES string of the molecule is Cc1nn(-c2ccccc2)c(C)c1S(=O)(=O)Nc1ncn(Cc2ccccc2F)n1. The number of aromatic nitrogens is 5. The van der Waals surface area contributed by atoms with Crippen LogP contribution in [-0.2, 0) is 16.6 Å². The lowest BCUT2D eigenvalue weighted by Crippen LogP contribution is -2.16. The van der Waals surface area contributed by atoms with Gasteiger partial charge in [0.1, 0.15) is 17.0 Å². The van der Waals surface area contributed by atoms with Crippen molar-refractivity contribution < 1.29 is 12.8 Å². The highest BCUT2D eigenvalue weighted by atomic mass is 32.2. The second-order valence-electron chi connectivity index (χ2n) is 6.71. The van der Waals surface area contributed by atoms with E-state index in [2.05, 4.69) is 19.9 Å². The molecule has 0 amide bonds. The van der Waals surface area contributed by atoms with Gasteiger partial charge in [-0.1, -0.05) is 36.4 Å². The van der Waals surface area contributed by atoms with Crippen LogP contribution >= 0.6 is 0 Å². The van der Waals surface area contributed by atoms with E-state index in [9.17, 15) is 12.8 Å². The summed E-state index contributed by atoms with van der Waals surface area (Å²) in [4.78, 5) is 4.06. The van der Waals surface area contributed by atoms with E-state index in [0.29, 0.717) is 17.0 Å². The lowest BCUT2D eigenvalue weighted by molar-refractivity contribution is 0.584. The highest BCUT2D eigenvalue weighted by molar-refractivity contribution is 7.92. The van der Waals surface area contributed by atoms with Crippen molar-refractivity contribution in [2.45, 2.75) is 25.3 Å². The Morgan fingerprint density at radius 2 is 1.70 bits per heavy atom. The normalized spacial score (nSPS) is 11.6. The van der Waals surface area contributed by atoms with Gasteiger partial charge >= 0.3 is 0 Å². The fourth-order valence-electron chi connectivity index (χ4n) is 3.23. The predicted octanol–water partition coefficient (Wildman–Crippen LogP) is 3.07. The smallest absolute Gasteiger partial charge is 0.246 e.